The maximum atomic E-state index is 13.2. The van der Waals surface area contributed by atoms with Crippen LogP contribution in [0.15, 0.2) is 48.5 Å². The highest BCUT2D eigenvalue weighted by molar-refractivity contribution is 6.30. The molecule has 0 aliphatic carbocycles. The lowest BCUT2D eigenvalue weighted by atomic mass is 10.1. The van der Waals surface area contributed by atoms with E-state index < -0.39 is 0 Å². The van der Waals surface area contributed by atoms with Crippen LogP contribution >= 0.6 is 11.6 Å². The lowest BCUT2D eigenvalue weighted by Crippen LogP contribution is -1.79. The maximum absolute atomic E-state index is 13.2. The summed E-state index contributed by atoms with van der Waals surface area (Å²) in [7, 11) is 0. The van der Waals surface area contributed by atoms with E-state index in [0.29, 0.717) is 21.9 Å². The minimum atomic E-state index is -0.297. The Morgan fingerprint density at radius 1 is 1.00 bits per heavy atom. The molecule has 0 fully saturated rings. The van der Waals surface area contributed by atoms with Crippen LogP contribution in [-0.4, -0.2) is 20.2 Å². The highest BCUT2D eigenvalue weighted by Crippen LogP contribution is 2.25. The first-order valence-electron chi connectivity index (χ1n) is 6.66. The van der Waals surface area contributed by atoms with Crippen molar-refractivity contribution in [3.63, 3.8) is 0 Å². The second-order valence-electron chi connectivity index (χ2n) is 4.92. The highest BCUT2D eigenvalue weighted by atomic mass is 35.5. The monoisotopic (exact) mass is 312 g/mol. The largest absolute Gasteiger partial charge is 0.337 e. The van der Waals surface area contributed by atoms with Gasteiger partial charge in [-0.2, -0.15) is 5.10 Å². The van der Waals surface area contributed by atoms with Gasteiger partial charge in [0.2, 0.25) is 0 Å². The van der Waals surface area contributed by atoms with Crippen LogP contribution in [0.25, 0.3) is 33.8 Å². The Morgan fingerprint density at radius 2 is 1.82 bits per heavy atom. The summed E-state index contributed by atoms with van der Waals surface area (Å²) in [6.45, 7) is 0. The molecule has 4 rings (SSSR count). The van der Waals surface area contributed by atoms with Gasteiger partial charge in [0.15, 0.2) is 5.82 Å². The second kappa shape index (κ2) is 4.96. The molecule has 0 bridgehead atoms. The molecule has 108 valence electrons. The summed E-state index contributed by atoms with van der Waals surface area (Å²) in [4.78, 5) is 7.51. The van der Waals surface area contributed by atoms with Crippen LogP contribution < -0.4 is 0 Å². The minimum Gasteiger partial charge on any atom is -0.337 e. The molecule has 0 saturated heterocycles. The van der Waals surface area contributed by atoms with E-state index in [1.54, 1.807) is 6.07 Å². The first kappa shape index (κ1) is 13.0. The van der Waals surface area contributed by atoms with Crippen LogP contribution in [0.3, 0.4) is 0 Å². The van der Waals surface area contributed by atoms with E-state index >= 15 is 0 Å². The van der Waals surface area contributed by atoms with Crippen LogP contribution in [0.2, 0.25) is 5.02 Å². The molecule has 0 saturated carbocycles. The van der Waals surface area contributed by atoms with Gasteiger partial charge in [0.1, 0.15) is 11.5 Å². The molecular formula is C16H10ClFN4. The summed E-state index contributed by atoms with van der Waals surface area (Å²) < 4.78 is 13.2. The fourth-order valence-electron chi connectivity index (χ4n) is 2.32. The van der Waals surface area contributed by atoms with Crippen LogP contribution in [0, 0.1) is 5.82 Å². The van der Waals surface area contributed by atoms with Crippen molar-refractivity contribution in [3.05, 3.63) is 59.4 Å². The number of nitrogens with one attached hydrogen (secondary N) is 2. The zero-order valence-corrected chi connectivity index (χ0v) is 12.0. The third-order valence-corrected chi connectivity index (χ3v) is 3.67. The van der Waals surface area contributed by atoms with Gasteiger partial charge >= 0.3 is 0 Å². The van der Waals surface area contributed by atoms with Gasteiger partial charge in [-0.1, -0.05) is 23.7 Å². The van der Waals surface area contributed by atoms with Gasteiger partial charge in [0.25, 0.3) is 0 Å². The Balaban J connectivity index is 1.74. The number of hydrogen-bond acceptors (Lipinski definition) is 2. The van der Waals surface area contributed by atoms with E-state index in [4.69, 9.17) is 11.6 Å². The molecule has 0 aliphatic rings. The number of rotatable bonds is 2. The average Bonchev–Trinajstić information content (AvgIpc) is 3.13. The minimum absolute atomic E-state index is 0.297. The number of fused-ring (bicyclic) bond motifs is 1. The fraction of sp³-hybridized carbons (Fsp3) is 0. The molecule has 2 N–H and O–H groups in total. The molecule has 4 aromatic rings. The summed E-state index contributed by atoms with van der Waals surface area (Å²) in [5.74, 6) is 0.322. The summed E-state index contributed by atoms with van der Waals surface area (Å²) in [5.41, 5.74) is 3.84. The van der Waals surface area contributed by atoms with Gasteiger partial charge in [-0.05, 0) is 36.4 Å². The van der Waals surface area contributed by atoms with E-state index in [2.05, 4.69) is 20.2 Å². The van der Waals surface area contributed by atoms with Gasteiger partial charge < -0.3 is 4.98 Å². The van der Waals surface area contributed by atoms with Crippen molar-refractivity contribution in [2.45, 2.75) is 0 Å². The van der Waals surface area contributed by atoms with Crippen LogP contribution in [-0.2, 0) is 0 Å². The first-order chi connectivity index (χ1) is 10.7. The molecule has 0 atom stereocenters. The molecule has 2 heterocycles. The van der Waals surface area contributed by atoms with Crippen LogP contribution in [0.4, 0.5) is 4.39 Å². The van der Waals surface area contributed by atoms with Crippen LogP contribution in [0.1, 0.15) is 0 Å². The van der Waals surface area contributed by atoms with Crippen molar-refractivity contribution in [2.75, 3.05) is 0 Å². The van der Waals surface area contributed by atoms with Crippen LogP contribution in [0.5, 0.6) is 0 Å². The fourth-order valence-corrected chi connectivity index (χ4v) is 2.45. The standard InChI is InChI=1S/C16H10ClFN4/c17-10-3-1-9(2-4-10)13-8-15(22-21-13)16-19-12-6-5-11(18)7-14(12)20-16/h1-8H,(H,19,20)(H,21,22). The molecule has 2 aromatic carbocycles. The Kier molecular flexibility index (Phi) is 2.94. The Bertz CT molecular complexity index is 956. The highest BCUT2D eigenvalue weighted by Gasteiger charge is 2.10. The zero-order chi connectivity index (χ0) is 15.1. The summed E-state index contributed by atoms with van der Waals surface area (Å²) in [5, 5.41) is 7.90. The number of nitrogens with zero attached hydrogens (tertiary/aromatic N) is 2. The van der Waals surface area contributed by atoms with E-state index in [1.165, 1.54) is 12.1 Å². The zero-order valence-electron chi connectivity index (χ0n) is 11.3. The third-order valence-electron chi connectivity index (χ3n) is 3.42. The summed E-state index contributed by atoms with van der Waals surface area (Å²) >= 11 is 5.88. The molecular weight excluding hydrogens is 303 g/mol. The Labute approximate surface area is 130 Å². The topological polar surface area (TPSA) is 57.4 Å². The Hall–Kier alpha value is -2.66. The van der Waals surface area contributed by atoms with E-state index in [0.717, 1.165) is 17.0 Å². The van der Waals surface area contributed by atoms with Crippen molar-refractivity contribution in [2.24, 2.45) is 0 Å². The van der Waals surface area contributed by atoms with Crippen molar-refractivity contribution in [3.8, 4) is 22.8 Å². The molecule has 2 aromatic heterocycles. The van der Waals surface area contributed by atoms with Gasteiger partial charge in [-0.15, -0.1) is 0 Å². The van der Waals surface area contributed by atoms with E-state index in [1.807, 2.05) is 30.3 Å². The summed E-state index contributed by atoms with van der Waals surface area (Å²) in [6, 6.07) is 13.8. The third kappa shape index (κ3) is 2.25. The predicted molar refractivity (Wildman–Crippen MR) is 84.1 cm³/mol. The lowest BCUT2D eigenvalue weighted by molar-refractivity contribution is 0.629. The predicted octanol–water partition coefficient (Wildman–Crippen LogP) is 4.41. The number of hydrogen-bond donors (Lipinski definition) is 2. The SMILES string of the molecule is Fc1ccc2nc(-c3cc(-c4ccc(Cl)cc4)n[nH]3)[nH]c2c1. The smallest absolute Gasteiger partial charge is 0.156 e. The van der Waals surface area contributed by atoms with E-state index in [9.17, 15) is 4.39 Å². The van der Waals surface area contributed by atoms with Gasteiger partial charge in [-0.25, -0.2) is 9.37 Å². The Morgan fingerprint density at radius 3 is 2.64 bits per heavy atom. The number of benzene rings is 2. The molecule has 0 amide bonds. The molecule has 0 radical (unpaired) electrons. The maximum Gasteiger partial charge on any atom is 0.156 e. The van der Waals surface area contributed by atoms with Crippen molar-refractivity contribution >= 4 is 22.6 Å². The molecule has 0 aliphatic heterocycles. The number of H-pyrrole nitrogens is 2. The van der Waals surface area contributed by atoms with Crippen molar-refractivity contribution in [1.29, 1.82) is 0 Å². The first-order valence-corrected chi connectivity index (χ1v) is 7.04. The summed E-state index contributed by atoms with van der Waals surface area (Å²) in [6.07, 6.45) is 0. The molecule has 0 spiro atoms. The average molecular weight is 313 g/mol. The molecule has 22 heavy (non-hydrogen) atoms. The van der Waals surface area contributed by atoms with Gasteiger partial charge in [-0.3, -0.25) is 5.10 Å². The number of imidazole rings is 1. The second-order valence-corrected chi connectivity index (χ2v) is 5.36. The number of aromatic nitrogens is 4. The van der Waals surface area contributed by atoms with Gasteiger partial charge in [0, 0.05) is 10.6 Å². The normalized spacial score (nSPS) is 11.2. The lowest BCUT2D eigenvalue weighted by Gasteiger charge is -1.94. The molecule has 4 nitrogen and oxygen atoms in total. The molecule has 6 heteroatoms. The van der Waals surface area contributed by atoms with E-state index in [-0.39, 0.29) is 5.82 Å². The molecule has 0 unspecified atom stereocenters. The number of aromatic amines is 2. The van der Waals surface area contributed by atoms with Crippen molar-refractivity contribution in [1.82, 2.24) is 20.2 Å². The quantitative estimate of drug-likeness (QED) is 0.576. The van der Waals surface area contributed by atoms with Crippen molar-refractivity contribution < 1.29 is 4.39 Å². The number of halogens is 2. The van der Waals surface area contributed by atoms with Gasteiger partial charge in [0.05, 0.1) is 16.7 Å².